The van der Waals surface area contributed by atoms with Crippen LogP contribution in [-0.4, -0.2) is 32.2 Å². The highest BCUT2D eigenvalue weighted by Crippen LogP contribution is 2.41. The van der Waals surface area contributed by atoms with E-state index in [2.05, 4.69) is 4.98 Å². The van der Waals surface area contributed by atoms with Crippen LogP contribution in [0.2, 0.25) is 0 Å². The van der Waals surface area contributed by atoms with E-state index in [1.165, 1.54) is 0 Å². The largest absolute Gasteiger partial charge is 0.481 e. The van der Waals surface area contributed by atoms with Gasteiger partial charge < -0.3 is 15.3 Å². The first kappa shape index (κ1) is 14.0. The molecule has 0 saturated heterocycles. The van der Waals surface area contributed by atoms with Gasteiger partial charge in [0, 0.05) is 0 Å². The molecule has 3 N–H and O–H groups in total. The molecule has 0 unspecified atom stereocenters. The number of aromatic carboxylic acids is 1. The molecule has 0 radical (unpaired) electrons. The summed E-state index contributed by atoms with van der Waals surface area (Å²) in [5.41, 5.74) is -0.795. The van der Waals surface area contributed by atoms with Crippen LogP contribution in [0.5, 0.6) is 0 Å². The second-order valence-electron chi connectivity index (χ2n) is 4.88. The molecule has 104 valence electrons. The Morgan fingerprint density at radius 1 is 1.32 bits per heavy atom. The molecular formula is C12H15NO5S. The van der Waals surface area contributed by atoms with Crippen molar-refractivity contribution in [2.45, 2.75) is 38.2 Å². The Kier molecular flexibility index (Phi) is 3.60. The molecule has 1 aliphatic rings. The van der Waals surface area contributed by atoms with Crippen molar-refractivity contribution in [2.24, 2.45) is 5.92 Å². The molecule has 0 atom stereocenters. The fourth-order valence-corrected chi connectivity index (χ4v) is 3.40. The molecule has 0 spiro atoms. The summed E-state index contributed by atoms with van der Waals surface area (Å²) in [6.07, 6.45) is 1.37. The van der Waals surface area contributed by atoms with Gasteiger partial charge in [0.2, 0.25) is 0 Å². The topological polar surface area (TPSA) is 108 Å². The van der Waals surface area contributed by atoms with Gasteiger partial charge >= 0.3 is 11.9 Å². The van der Waals surface area contributed by atoms with E-state index < -0.39 is 23.5 Å². The second kappa shape index (κ2) is 4.90. The van der Waals surface area contributed by atoms with Crippen LogP contribution in [0.4, 0.5) is 0 Å². The van der Waals surface area contributed by atoms with E-state index in [4.69, 9.17) is 10.2 Å². The average Bonchev–Trinajstić information content (AvgIpc) is 2.72. The van der Waals surface area contributed by atoms with Crippen molar-refractivity contribution in [3.8, 4) is 0 Å². The fraction of sp³-hybridized carbons (Fsp3) is 0.583. The van der Waals surface area contributed by atoms with Gasteiger partial charge in [-0.3, -0.25) is 4.79 Å². The molecule has 0 aromatic carbocycles. The molecule has 1 aromatic rings. The van der Waals surface area contributed by atoms with Gasteiger partial charge in [0.25, 0.3) is 0 Å². The number of carbonyl (C=O) groups is 2. The van der Waals surface area contributed by atoms with Crippen LogP contribution >= 0.6 is 11.3 Å². The molecule has 1 aromatic heterocycles. The predicted octanol–water partition coefficient (Wildman–Crippen LogP) is 1.61. The number of thiazole rings is 1. The van der Waals surface area contributed by atoms with Gasteiger partial charge in [0.1, 0.15) is 15.5 Å². The van der Waals surface area contributed by atoms with Gasteiger partial charge in [0.15, 0.2) is 0 Å². The molecule has 0 amide bonds. The molecule has 1 heterocycles. The third-order valence-corrected chi connectivity index (χ3v) is 4.89. The summed E-state index contributed by atoms with van der Waals surface area (Å²) < 4.78 is 0. The molecule has 6 nitrogen and oxygen atoms in total. The van der Waals surface area contributed by atoms with E-state index in [-0.39, 0.29) is 4.88 Å². The highest BCUT2D eigenvalue weighted by atomic mass is 32.1. The summed E-state index contributed by atoms with van der Waals surface area (Å²) in [5.74, 6) is -2.33. The van der Waals surface area contributed by atoms with Gasteiger partial charge in [0.05, 0.1) is 11.6 Å². The number of hydrogen-bond acceptors (Lipinski definition) is 5. The molecule has 19 heavy (non-hydrogen) atoms. The predicted molar refractivity (Wildman–Crippen MR) is 67.3 cm³/mol. The summed E-state index contributed by atoms with van der Waals surface area (Å²) in [5, 5.41) is 28.8. The molecular weight excluding hydrogens is 270 g/mol. The SMILES string of the molecule is Cc1nc(C2(O)CCC(C(=O)O)CC2)sc1C(=O)O. The lowest BCUT2D eigenvalue weighted by Gasteiger charge is -2.32. The number of aromatic nitrogens is 1. The van der Waals surface area contributed by atoms with Crippen molar-refractivity contribution in [3.05, 3.63) is 15.6 Å². The van der Waals surface area contributed by atoms with E-state index in [1.807, 2.05) is 0 Å². The lowest BCUT2D eigenvalue weighted by atomic mass is 9.79. The second-order valence-corrected chi connectivity index (χ2v) is 5.88. The Bertz CT molecular complexity index is 516. The first-order valence-electron chi connectivity index (χ1n) is 6.00. The van der Waals surface area contributed by atoms with Crippen molar-refractivity contribution < 1.29 is 24.9 Å². The van der Waals surface area contributed by atoms with Gasteiger partial charge in [-0.25, -0.2) is 9.78 Å². The maximum atomic E-state index is 11.0. The van der Waals surface area contributed by atoms with Crippen molar-refractivity contribution in [1.29, 1.82) is 0 Å². The zero-order valence-electron chi connectivity index (χ0n) is 10.4. The number of aliphatic carboxylic acids is 1. The fourth-order valence-electron chi connectivity index (χ4n) is 2.35. The van der Waals surface area contributed by atoms with Crippen LogP contribution in [-0.2, 0) is 10.4 Å². The first-order chi connectivity index (χ1) is 8.83. The highest BCUT2D eigenvalue weighted by molar-refractivity contribution is 7.13. The molecule has 0 bridgehead atoms. The third kappa shape index (κ3) is 2.62. The molecule has 1 fully saturated rings. The lowest BCUT2D eigenvalue weighted by molar-refractivity contribution is -0.145. The number of carboxylic acid groups (broad SMARTS) is 2. The van der Waals surface area contributed by atoms with Gasteiger partial charge in [-0.15, -0.1) is 11.3 Å². The maximum Gasteiger partial charge on any atom is 0.347 e. The van der Waals surface area contributed by atoms with Gasteiger partial charge in [-0.2, -0.15) is 0 Å². The number of aliphatic hydroxyl groups is 1. The van der Waals surface area contributed by atoms with Gasteiger partial charge in [-0.05, 0) is 32.6 Å². The molecule has 1 saturated carbocycles. The van der Waals surface area contributed by atoms with E-state index in [0.29, 0.717) is 36.4 Å². The van der Waals surface area contributed by atoms with E-state index >= 15 is 0 Å². The highest BCUT2D eigenvalue weighted by Gasteiger charge is 2.40. The Morgan fingerprint density at radius 2 is 1.89 bits per heavy atom. The average molecular weight is 285 g/mol. The minimum atomic E-state index is -1.19. The number of carboxylic acids is 2. The number of nitrogens with zero attached hydrogens (tertiary/aromatic N) is 1. The summed E-state index contributed by atoms with van der Waals surface area (Å²) in [6, 6.07) is 0. The van der Waals surface area contributed by atoms with Crippen LogP contribution < -0.4 is 0 Å². The number of rotatable bonds is 3. The van der Waals surface area contributed by atoms with Crippen molar-refractivity contribution in [3.63, 3.8) is 0 Å². The van der Waals surface area contributed by atoms with E-state index in [0.717, 1.165) is 11.3 Å². The zero-order valence-corrected chi connectivity index (χ0v) is 11.2. The minimum absolute atomic E-state index is 0.129. The quantitative estimate of drug-likeness (QED) is 0.778. The van der Waals surface area contributed by atoms with Crippen molar-refractivity contribution in [2.75, 3.05) is 0 Å². The third-order valence-electron chi connectivity index (χ3n) is 3.55. The number of aryl methyl sites for hydroxylation is 1. The van der Waals surface area contributed by atoms with Crippen molar-refractivity contribution in [1.82, 2.24) is 4.98 Å². The smallest absolute Gasteiger partial charge is 0.347 e. The van der Waals surface area contributed by atoms with Crippen LogP contribution in [0.1, 0.15) is 46.1 Å². The Balaban J connectivity index is 2.20. The van der Waals surface area contributed by atoms with Gasteiger partial charge in [-0.1, -0.05) is 0 Å². The summed E-state index contributed by atoms with van der Waals surface area (Å²) in [7, 11) is 0. The Hall–Kier alpha value is -1.47. The Labute approximate surface area is 113 Å². The molecule has 7 heteroatoms. The van der Waals surface area contributed by atoms with Crippen LogP contribution in [0.25, 0.3) is 0 Å². The summed E-state index contributed by atoms with van der Waals surface area (Å²) in [4.78, 5) is 26.1. The van der Waals surface area contributed by atoms with Crippen LogP contribution in [0.15, 0.2) is 0 Å². The maximum absolute atomic E-state index is 11.0. The van der Waals surface area contributed by atoms with Crippen LogP contribution in [0.3, 0.4) is 0 Å². The van der Waals surface area contributed by atoms with E-state index in [1.54, 1.807) is 6.92 Å². The van der Waals surface area contributed by atoms with E-state index in [9.17, 15) is 14.7 Å². The van der Waals surface area contributed by atoms with Crippen LogP contribution in [0, 0.1) is 12.8 Å². The number of hydrogen-bond donors (Lipinski definition) is 3. The van der Waals surface area contributed by atoms with Crippen molar-refractivity contribution >= 4 is 23.3 Å². The molecule has 1 aliphatic carbocycles. The standard InChI is InChI=1S/C12H15NO5S/c1-6-8(10(16)17)19-11(13-6)12(18)4-2-7(3-5-12)9(14)15/h7,18H,2-5H2,1H3,(H,14,15)(H,16,17). The molecule has 0 aliphatic heterocycles. The minimum Gasteiger partial charge on any atom is -0.481 e. The monoisotopic (exact) mass is 285 g/mol. The summed E-state index contributed by atoms with van der Waals surface area (Å²) >= 11 is 0.975. The Morgan fingerprint density at radius 3 is 2.32 bits per heavy atom. The molecule has 2 rings (SSSR count). The summed E-state index contributed by atoms with van der Waals surface area (Å²) in [6.45, 7) is 1.59. The first-order valence-corrected chi connectivity index (χ1v) is 6.81. The lowest BCUT2D eigenvalue weighted by Crippen LogP contribution is -2.33. The zero-order chi connectivity index (χ0) is 14.2. The normalized spacial score (nSPS) is 27.2.